The summed E-state index contributed by atoms with van der Waals surface area (Å²) < 4.78 is 19.2. The maximum atomic E-state index is 11.7. The topological polar surface area (TPSA) is 95.7 Å². The number of fused-ring (bicyclic) bond motifs is 1. The standard InChI is InChI=1S/C28H23N3O5/c1-18-22(16-27(32)33)23-15-21(34-2)13-14-24(23)31(18)25-17-26(35-19-9-5-3-6-10-19)30-28(29-25)36-20-11-7-4-8-12-20/h3-15,17H,16H2,1-2H3,(H,32,33). The van der Waals surface area contributed by atoms with Crippen LogP contribution in [0.3, 0.4) is 0 Å². The van der Waals surface area contributed by atoms with Gasteiger partial charge in [-0.2, -0.15) is 9.97 Å². The monoisotopic (exact) mass is 481 g/mol. The molecule has 0 unspecified atom stereocenters. The van der Waals surface area contributed by atoms with E-state index in [0.29, 0.717) is 28.6 Å². The average Bonchev–Trinajstić information content (AvgIpc) is 3.15. The summed E-state index contributed by atoms with van der Waals surface area (Å²) in [5.41, 5.74) is 2.18. The zero-order valence-corrected chi connectivity index (χ0v) is 19.7. The number of carboxylic acid groups (broad SMARTS) is 1. The lowest BCUT2D eigenvalue weighted by Gasteiger charge is -2.13. The van der Waals surface area contributed by atoms with Crippen molar-refractivity contribution in [2.24, 2.45) is 0 Å². The third-order valence-corrected chi connectivity index (χ3v) is 5.69. The number of ether oxygens (including phenoxy) is 3. The number of aliphatic carboxylic acids is 1. The summed E-state index contributed by atoms with van der Waals surface area (Å²) in [4.78, 5) is 20.8. The minimum atomic E-state index is -0.927. The molecule has 180 valence electrons. The largest absolute Gasteiger partial charge is 0.497 e. The van der Waals surface area contributed by atoms with Crippen molar-refractivity contribution < 1.29 is 24.1 Å². The molecule has 8 nitrogen and oxygen atoms in total. The van der Waals surface area contributed by atoms with Crippen LogP contribution in [0.15, 0.2) is 84.9 Å². The molecule has 2 aromatic heterocycles. The van der Waals surface area contributed by atoms with Crippen molar-refractivity contribution in [3.8, 4) is 35.0 Å². The zero-order valence-electron chi connectivity index (χ0n) is 19.7. The summed E-state index contributed by atoms with van der Waals surface area (Å²) >= 11 is 0. The molecule has 0 bridgehead atoms. The number of methoxy groups -OCH3 is 1. The van der Waals surface area contributed by atoms with Crippen LogP contribution in [-0.2, 0) is 11.2 Å². The summed E-state index contributed by atoms with van der Waals surface area (Å²) in [7, 11) is 1.58. The maximum Gasteiger partial charge on any atom is 0.327 e. The van der Waals surface area contributed by atoms with Gasteiger partial charge in [-0.05, 0) is 55.0 Å². The smallest absolute Gasteiger partial charge is 0.327 e. The van der Waals surface area contributed by atoms with Crippen molar-refractivity contribution >= 4 is 16.9 Å². The van der Waals surface area contributed by atoms with Crippen molar-refractivity contribution in [1.29, 1.82) is 0 Å². The van der Waals surface area contributed by atoms with Crippen molar-refractivity contribution in [3.63, 3.8) is 0 Å². The number of rotatable bonds is 8. The quantitative estimate of drug-likeness (QED) is 0.293. The number of carboxylic acids is 1. The molecular formula is C28H23N3O5. The molecule has 0 atom stereocenters. The van der Waals surface area contributed by atoms with Gasteiger partial charge in [0.15, 0.2) is 0 Å². The van der Waals surface area contributed by atoms with E-state index in [4.69, 9.17) is 14.2 Å². The van der Waals surface area contributed by atoms with E-state index >= 15 is 0 Å². The molecule has 2 heterocycles. The molecule has 1 N–H and O–H groups in total. The van der Waals surface area contributed by atoms with Gasteiger partial charge in [0.2, 0.25) is 5.88 Å². The predicted molar refractivity (Wildman–Crippen MR) is 135 cm³/mol. The van der Waals surface area contributed by atoms with E-state index in [1.165, 1.54) is 0 Å². The third-order valence-electron chi connectivity index (χ3n) is 5.69. The van der Waals surface area contributed by atoms with Gasteiger partial charge in [0.25, 0.3) is 0 Å². The Labute approximate surface area is 207 Å². The fourth-order valence-corrected chi connectivity index (χ4v) is 4.07. The van der Waals surface area contributed by atoms with Gasteiger partial charge >= 0.3 is 12.0 Å². The summed E-state index contributed by atoms with van der Waals surface area (Å²) in [5, 5.41) is 10.3. The van der Waals surface area contributed by atoms with E-state index in [1.54, 1.807) is 25.3 Å². The molecule has 0 radical (unpaired) electrons. The first-order valence-corrected chi connectivity index (χ1v) is 11.3. The summed E-state index contributed by atoms with van der Waals surface area (Å²) in [6, 6.07) is 25.8. The molecule has 0 aliphatic heterocycles. The Hall–Kier alpha value is -4.85. The molecule has 3 aromatic carbocycles. The van der Waals surface area contributed by atoms with Crippen molar-refractivity contribution in [2.75, 3.05) is 7.11 Å². The van der Waals surface area contributed by atoms with Crippen molar-refractivity contribution in [2.45, 2.75) is 13.3 Å². The summed E-state index contributed by atoms with van der Waals surface area (Å²) in [5.74, 6) is 1.65. The first kappa shape index (κ1) is 22.9. The van der Waals surface area contributed by atoms with Gasteiger partial charge in [0.05, 0.1) is 19.0 Å². The van der Waals surface area contributed by atoms with E-state index in [1.807, 2.05) is 78.2 Å². The van der Waals surface area contributed by atoms with Crippen LogP contribution in [-0.4, -0.2) is 32.7 Å². The number of nitrogens with zero attached hydrogens (tertiary/aromatic N) is 3. The molecule has 0 saturated carbocycles. The van der Waals surface area contributed by atoms with Gasteiger partial charge in [0, 0.05) is 17.1 Å². The van der Waals surface area contributed by atoms with Gasteiger partial charge in [0.1, 0.15) is 23.1 Å². The van der Waals surface area contributed by atoms with Gasteiger partial charge in [-0.1, -0.05) is 36.4 Å². The van der Waals surface area contributed by atoms with Crippen LogP contribution in [0, 0.1) is 6.92 Å². The molecule has 0 aliphatic carbocycles. The Morgan fingerprint density at radius 1 is 0.861 bits per heavy atom. The first-order valence-electron chi connectivity index (χ1n) is 11.3. The van der Waals surface area contributed by atoms with E-state index < -0.39 is 5.97 Å². The summed E-state index contributed by atoms with van der Waals surface area (Å²) in [6.45, 7) is 1.86. The zero-order chi connectivity index (χ0) is 25.1. The first-order chi connectivity index (χ1) is 17.5. The minimum Gasteiger partial charge on any atom is -0.497 e. The number of benzene rings is 3. The number of aromatic nitrogens is 3. The second kappa shape index (κ2) is 9.79. The van der Waals surface area contributed by atoms with E-state index in [9.17, 15) is 9.90 Å². The second-order valence-corrected chi connectivity index (χ2v) is 8.03. The molecule has 0 aliphatic rings. The van der Waals surface area contributed by atoms with Gasteiger partial charge in [-0.3, -0.25) is 9.36 Å². The Bertz CT molecular complexity index is 1470. The molecule has 0 saturated heterocycles. The Balaban J connectivity index is 1.68. The molecule has 5 aromatic rings. The van der Waals surface area contributed by atoms with Crippen molar-refractivity contribution in [3.05, 3.63) is 96.2 Å². The fourth-order valence-electron chi connectivity index (χ4n) is 4.07. The van der Waals surface area contributed by atoms with Crippen molar-refractivity contribution in [1.82, 2.24) is 14.5 Å². The average molecular weight is 482 g/mol. The Morgan fingerprint density at radius 3 is 2.17 bits per heavy atom. The van der Waals surface area contributed by atoms with Crippen LogP contribution < -0.4 is 14.2 Å². The molecular weight excluding hydrogens is 458 g/mol. The normalized spacial score (nSPS) is 10.8. The third kappa shape index (κ3) is 4.69. The van der Waals surface area contributed by atoms with Crippen LogP contribution in [0.1, 0.15) is 11.3 Å². The predicted octanol–water partition coefficient (Wildman–Crippen LogP) is 5.95. The highest BCUT2D eigenvalue weighted by atomic mass is 16.5. The van der Waals surface area contributed by atoms with Crippen LogP contribution in [0.5, 0.6) is 29.1 Å². The van der Waals surface area contributed by atoms with Gasteiger partial charge in [-0.25, -0.2) is 0 Å². The van der Waals surface area contributed by atoms with E-state index in [0.717, 1.165) is 16.6 Å². The number of hydrogen-bond acceptors (Lipinski definition) is 6. The maximum absolute atomic E-state index is 11.7. The van der Waals surface area contributed by atoms with Crippen LogP contribution in [0.4, 0.5) is 0 Å². The highest BCUT2D eigenvalue weighted by Gasteiger charge is 2.21. The lowest BCUT2D eigenvalue weighted by Crippen LogP contribution is -2.06. The lowest BCUT2D eigenvalue weighted by molar-refractivity contribution is -0.136. The number of carbonyl (C=O) groups is 1. The molecule has 5 rings (SSSR count). The van der Waals surface area contributed by atoms with Crippen LogP contribution in [0.2, 0.25) is 0 Å². The van der Waals surface area contributed by atoms with E-state index in [-0.39, 0.29) is 18.3 Å². The fraction of sp³-hybridized carbons (Fsp3) is 0.107. The number of para-hydroxylation sites is 2. The van der Waals surface area contributed by atoms with Gasteiger partial charge in [-0.15, -0.1) is 0 Å². The molecule has 0 amide bonds. The minimum absolute atomic E-state index is 0.0965. The highest BCUT2D eigenvalue weighted by Crippen LogP contribution is 2.34. The summed E-state index contributed by atoms with van der Waals surface area (Å²) in [6.07, 6.45) is -0.145. The second-order valence-electron chi connectivity index (χ2n) is 8.03. The Kier molecular flexibility index (Phi) is 6.23. The molecule has 0 fully saturated rings. The SMILES string of the molecule is COc1ccc2c(c1)c(CC(=O)O)c(C)n2-c1cc(Oc2ccccc2)nc(Oc2ccccc2)n1. The highest BCUT2D eigenvalue weighted by molar-refractivity contribution is 5.91. The molecule has 0 spiro atoms. The van der Waals surface area contributed by atoms with E-state index in [2.05, 4.69) is 9.97 Å². The number of hydrogen-bond donors (Lipinski definition) is 1. The lowest BCUT2D eigenvalue weighted by atomic mass is 10.1. The van der Waals surface area contributed by atoms with Crippen LogP contribution in [0.25, 0.3) is 16.7 Å². The Morgan fingerprint density at radius 2 is 1.53 bits per heavy atom. The van der Waals surface area contributed by atoms with Crippen LogP contribution >= 0.6 is 0 Å². The molecule has 36 heavy (non-hydrogen) atoms. The van der Waals surface area contributed by atoms with Gasteiger partial charge < -0.3 is 19.3 Å². The molecule has 8 heteroatoms.